The maximum absolute atomic E-state index is 10.4. The van der Waals surface area contributed by atoms with Crippen LogP contribution in [0.3, 0.4) is 0 Å². The Hall–Kier alpha value is -4.19. The number of allylic oxidation sites excluding steroid dienone is 19. The van der Waals surface area contributed by atoms with E-state index in [2.05, 4.69) is 93.7 Å². The van der Waals surface area contributed by atoms with E-state index >= 15 is 0 Å². The van der Waals surface area contributed by atoms with Gasteiger partial charge >= 0.3 is 17.9 Å². The van der Waals surface area contributed by atoms with E-state index in [4.69, 9.17) is 15.3 Å². The molecular weight excluding hydrogens is 865 g/mol. The molecule has 0 aliphatic rings. The van der Waals surface area contributed by atoms with Crippen LogP contribution in [0.2, 0.25) is 0 Å². The van der Waals surface area contributed by atoms with E-state index in [0.717, 1.165) is 57.4 Å². The molecular formula is C64H108O6. The van der Waals surface area contributed by atoms with Crippen molar-refractivity contribution in [1.82, 2.24) is 0 Å². The maximum Gasteiger partial charge on any atom is 0.328 e. The van der Waals surface area contributed by atoms with E-state index in [-0.39, 0.29) is 6.42 Å². The number of hydrogen-bond donors (Lipinski definition) is 3. The van der Waals surface area contributed by atoms with Crippen LogP contribution in [0.25, 0.3) is 0 Å². The maximum atomic E-state index is 10.4. The number of aliphatic carboxylic acids is 3. The van der Waals surface area contributed by atoms with Crippen molar-refractivity contribution in [3.8, 4) is 0 Å². The molecule has 0 atom stereocenters. The van der Waals surface area contributed by atoms with Crippen LogP contribution in [-0.2, 0) is 14.4 Å². The minimum absolute atomic E-state index is 0.262. The fraction of sp³-hybridized carbons (Fsp3) is 0.641. The lowest BCUT2D eigenvalue weighted by atomic mass is 10.0. The van der Waals surface area contributed by atoms with Crippen LogP contribution in [-0.4, -0.2) is 33.2 Å². The minimum atomic E-state index is -0.931. The monoisotopic (exact) mass is 973 g/mol. The molecule has 0 spiro atoms. The van der Waals surface area contributed by atoms with Crippen molar-refractivity contribution in [3.05, 3.63) is 122 Å². The van der Waals surface area contributed by atoms with Crippen LogP contribution in [0.4, 0.5) is 0 Å². The summed E-state index contributed by atoms with van der Waals surface area (Å²) in [5.74, 6) is -2.30. The summed E-state index contributed by atoms with van der Waals surface area (Å²) >= 11 is 0. The van der Waals surface area contributed by atoms with Crippen molar-refractivity contribution >= 4 is 17.9 Å². The van der Waals surface area contributed by atoms with Gasteiger partial charge in [-0.1, -0.05) is 277 Å². The van der Waals surface area contributed by atoms with Gasteiger partial charge in [-0.25, -0.2) is 4.79 Å². The van der Waals surface area contributed by atoms with E-state index < -0.39 is 17.9 Å². The number of unbranched alkanes of at least 4 members (excludes halogenated alkanes) is 28. The van der Waals surface area contributed by atoms with Gasteiger partial charge in [0.25, 0.3) is 0 Å². The molecule has 0 radical (unpaired) electrons. The highest BCUT2D eigenvalue weighted by Crippen LogP contribution is 2.14. The van der Waals surface area contributed by atoms with Crippen LogP contribution in [0, 0.1) is 0 Å². The number of carboxylic acids is 3. The largest absolute Gasteiger partial charge is 0.481 e. The normalized spacial score (nSPS) is 12.2. The molecule has 3 N–H and O–H groups in total. The van der Waals surface area contributed by atoms with Crippen LogP contribution in [0.1, 0.15) is 265 Å². The Morgan fingerprint density at radius 1 is 0.271 bits per heavy atom. The van der Waals surface area contributed by atoms with E-state index in [9.17, 15) is 14.4 Å². The first-order valence-electron chi connectivity index (χ1n) is 28.6. The van der Waals surface area contributed by atoms with E-state index in [1.165, 1.54) is 186 Å². The Bertz CT molecular complexity index is 1400. The van der Waals surface area contributed by atoms with Crippen molar-refractivity contribution < 1.29 is 29.7 Å². The molecule has 0 fully saturated rings. The standard InChI is InChI=1S/C24H46O2.C20H32O2.C20H30O2/c1-2-3-4-5-6-7-8-9-10-11-12-13-14-15-16-17-18-19-20-21-22-23-24(25)26;2*1-2-3-4-5-6-7-8-9-10-11-12-13-14-15-16-17-18-19-20(21)22/h9-10H,2-8,11-23H2,1H3,(H,25,26);6-7,9-10,12-13,15-16H,2-5,8,11,14,17-19H2,1H3,(H,21,22);10-19H,2-9H2,1H3,(H,21,22)/b10-9-;7-6-,10-9-,13-12-,16-15-;. The van der Waals surface area contributed by atoms with Gasteiger partial charge in [0.2, 0.25) is 0 Å². The molecule has 0 saturated heterocycles. The SMILES string of the molecule is CCCCC/C=C\C/C=C\C/C=C\C/C=C\CCCC(=O)O.CCCCCCCC/C=C\CCCCCCCCCCCCCC(=O)O.CCCCCCCCCC=CC=CC=CC=CC=CC(=O)O. The fourth-order valence-electron chi connectivity index (χ4n) is 7.26. The average Bonchev–Trinajstić information content (AvgIpc) is 3.34. The molecule has 0 aromatic heterocycles. The second-order valence-corrected chi connectivity index (χ2v) is 18.4. The molecule has 400 valence electrons. The summed E-state index contributed by atoms with van der Waals surface area (Å²) in [4.78, 5) is 30.9. The zero-order valence-corrected chi connectivity index (χ0v) is 45.5. The molecule has 0 bridgehead atoms. The summed E-state index contributed by atoms with van der Waals surface area (Å²) in [5, 5.41) is 25.4. The number of hydrogen-bond acceptors (Lipinski definition) is 3. The van der Waals surface area contributed by atoms with Gasteiger partial charge in [-0.2, -0.15) is 0 Å². The van der Waals surface area contributed by atoms with Crippen LogP contribution in [0.15, 0.2) is 122 Å². The van der Waals surface area contributed by atoms with Gasteiger partial charge < -0.3 is 15.3 Å². The molecule has 6 heteroatoms. The summed E-state index contributed by atoms with van der Waals surface area (Å²) in [6.45, 7) is 6.76. The first kappa shape index (κ1) is 70.1. The van der Waals surface area contributed by atoms with Crippen molar-refractivity contribution in [3.63, 3.8) is 0 Å². The van der Waals surface area contributed by atoms with Crippen molar-refractivity contribution in [1.29, 1.82) is 0 Å². The Labute approximate surface area is 432 Å². The highest BCUT2D eigenvalue weighted by Gasteiger charge is 1.97. The Kier molecular flexibility index (Phi) is 67.0. The van der Waals surface area contributed by atoms with Crippen LogP contribution in [0.5, 0.6) is 0 Å². The third-order valence-electron chi connectivity index (χ3n) is 11.5. The predicted molar refractivity (Wildman–Crippen MR) is 307 cm³/mol. The Morgan fingerprint density at radius 3 is 0.914 bits per heavy atom. The van der Waals surface area contributed by atoms with Gasteiger partial charge in [-0.3, -0.25) is 9.59 Å². The fourth-order valence-corrected chi connectivity index (χ4v) is 7.26. The average molecular weight is 974 g/mol. The molecule has 0 heterocycles. The van der Waals surface area contributed by atoms with Crippen LogP contribution >= 0.6 is 0 Å². The lowest BCUT2D eigenvalue weighted by Gasteiger charge is -2.02. The van der Waals surface area contributed by atoms with Crippen molar-refractivity contribution in [2.75, 3.05) is 0 Å². The first-order chi connectivity index (χ1) is 34.3. The summed E-state index contributed by atoms with van der Waals surface area (Å²) in [6, 6.07) is 0. The van der Waals surface area contributed by atoms with Gasteiger partial charge in [-0.15, -0.1) is 0 Å². The second-order valence-electron chi connectivity index (χ2n) is 18.4. The molecule has 0 aromatic rings. The summed E-state index contributed by atoms with van der Waals surface area (Å²) < 4.78 is 0. The Morgan fingerprint density at radius 2 is 0.529 bits per heavy atom. The molecule has 0 amide bonds. The van der Waals surface area contributed by atoms with E-state index in [1.54, 1.807) is 12.2 Å². The van der Waals surface area contributed by atoms with Gasteiger partial charge in [-0.05, 0) is 89.9 Å². The molecule has 6 nitrogen and oxygen atoms in total. The second kappa shape index (κ2) is 66.9. The highest BCUT2D eigenvalue weighted by atomic mass is 16.4. The quantitative estimate of drug-likeness (QED) is 0.0242. The molecule has 0 aliphatic carbocycles. The Balaban J connectivity index is -0.000000967. The minimum Gasteiger partial charge on any atom is -0.481 e. The van der Waals surface area contributed by atoms with Crippen molar-refractivity contribution in [2.45, 2.75) is 265 Å². The summed E-state index contributed by atoms with van der Waals surface area (Å²) in [6.07, 6.45) is 86.2. The number of carboxylic acid groups (broad SMARTS) is 3. The zero-order chi connectivity index (χ0) is 51.7. The molecule has 70 heavy (non-hydrogen) atoms. The molecule has 0 unspecified atom stereocenters. The molecule has 0 aromatic carbocycles. The third kappa shape index (κ3) is 78.0. The smallest absolute Gasteiger partial charge is 0.328 e. The van der Waals surface area contributed by atoms with Gasteiger partial charge in [0.15, 0.2) is 0 Å². The van der Waals surface area contributed by atoms with Gasteiger partial charge in [0.05, 0.1) is 0 Å². The van der Waals surface area contributed by atoms with Crippen molar-refractivity contribution in [2.24, 2.45) is 0 Å². The lowest BCUT2D eigenvalue weighted by molar-refractivity contribution is -0.138. The van der Waals surface area contributed by atoms with E-state index in [1.807, 2.05) is 24.3 Å². The number of rotatable bonds is 48. The van der Waals surface area contributed by atoms with E-state index in [0.29, 0.717) is 6.42 Å². The summed E-state index contributed by atoms with van der Waals surface area (Å²) in [7, 11) is 0. The summed E-state index contributed by atoms with van der Waals surface area (Å²) in [5.41, 5.74) is 0. The molecule has 0 aliphatic heterocycles. The lowest BCUT2D eigenvalue weighted by Crippen LogP contribution is -1.93. The predicted octanol–water partition coefficient (Wildman–Crippen LogP) is 20.7. The van der Waals surface area contributed by atoms with Gasteiger partial charge in [0, 0.05) is 18.9 Å². The van der Waals surface area contributed by atoms with Crippen LogP contribution < -0.4 is 0 Å². The zero-order valence-electron chi connectivity index (χ0n) is 45.5. The topological polar surface area (TPSA) is 112 Å². The molecule has 0 saturated carbocycles. The highest BCUT2D eigenvalue weighted by molar-refractivity contribution is 5.80. The first-order valence-corrected chi connectivity index (χ1v) is 28.6. The third-order valence-corrected chi connectivity index (χ3v) is 11.5. The van der Waals surface area contributed by atoms with Gasteiger partial charge in [0.1, 0.15) is 0 Å². The number of carbonyl (C=O) groups is 3. The molecule has 0 rings (SSSR count).